The normalized spacial score (nSPS) is 17.8. The number of carbonyl (C=O) groups excluding carboxylic acids is 1. The number of sulfonamides is 1. The van der Waals surface area contributed by atoms with Crippen LogP contribution in [0.2, 0.25) is 0 Å². The van der Waals surface area contributed by atoms with E-state index in [9.17, 15) is 13.2 Å². The van der Waals surface area contributed by atoms with Crippen molar-refractivity contribution in [2.75, 3.05) is 20.2 Å². The Hall–Kier alpha value is -2.38. The molecule has 2 aliphatic rings. The lowest BCUT2D eigenvalue weighted by molar-refractivity contribution is 0.0932. The Morgan fingerprint density at radius 1 is 1.00 bits per heavy atom. The molecule has 4 rings (SSSR count). The van der Waals surface area contributed by atoms with Crippen LogP contribution >= 0.6 is 0 Å². The maximum absolute atomic E-state index is 13.3. The van der Waals surface area contributed by atoms with Gasteiger partial charge in [-0.05, 0) is 79.8 Å². The molecule has 1 atom stereocenters. The molecule has 1 fully saturated rings. The molecular weight excluding hydrogens is 436 g/mol. The lowest BCUT2D eigenvalue weighted by atomic mass is 9.88. The van der Waals surface area contributed by atoms with Crippen molar-refractivity contribution in [1.29, 1.82) is 0 Å². The van der Waals surface area contributed by atoms with E-state index in [2.05, 4.69) is 23.5 Å². The van der Waals surface area contributed by atoms with Crippen LogP contribution in [0.25, 0.3) is 0 Å². The number of carbonyl (C=O) groups is 1. The Labute approximate surface area is 197 Å². The second-order valence-electron chi connectivity index (χ2n) is 9.00. The summed E-state index contributed by atoms with van der Waals surface area (Å²) in [6, 6.07) is 10.9. The molecular formula is C26H34N2O4S. The third-order valence-electron chi connectivity index (χ3n) is 6.86. The average Bonchev–Trinajstić information content (AvgIpc) is 2.86. The highest BCUT2D eigenvalue weighted by molar-refractivity contribution is 7.89. The predicted molar refractivity (Wildman–Crippen MR) is 129 cm³/mol. The predicted octanol–water partition coefficient (Wildman–Crippen LogP) is 4.63. The molecule has 2 aromatic carbocycles. The van der Waals surface area contributed by atoms with E-state index in [1.807, 2.05) is 6.92 Å². The zero-order chi connectivity index (χ0) is 23.4. The van der Waals surface area contributed by atoms with Gasteiger partial charge in [0.05, 0.1) is 23.6 Å². The van der Waals surface area contributed by atoms with E-state index in [0.717, 1.165) is 44.1 Å². The van der Waals surface area contributed by atoms with Gasteiger partial charge in [0.15, 0.2) is 0 Å². The summed E-state index contributed by atoms with van der Waals surface area (Å²) in [5, 5.41) is 3.11. The van der Waals surface area contributed by atoms with Crippen LogP contribution in [0.15, 0.2) is 41.3 Å². The van der Waals surface area contributed by atoms with Crippen molar-refractivity contribution in [2.45, 2.75) is 69.2 Å². The third-order valence-corrected chi connectivity index (χ3v) is 8.75. The zero-order valence-electron chi connectivity index (χ0n) is 19.6. The number of nitrogens with one attached hydrogen (secondary N) is 1. The minimum Gasteiger partial charge on any atom is -0.496 e. The highest BCUT2D eigenvalue weighted by atomic mass is 32.2. The number of methoxy groups -OCH3 is 1. The molecule has 1 N–H and O–H groups in total. The Bertz CT molecular complexity index is 1110. The molecule has 1 saturated heterocycles. The summed E-state index contributed by atoms with van der Waals surface area (Å²) in [7, 11) is -2.15. The van der Waals surface area contributed by atoms with E-state index in [0.29, 0.717) is 18.8 Å². The Kier molecular flexibility index (Phi) is 7.39. The summed E-state index contributed by atoms with van der Waals surface area (Å²) in [6.45, 7) is 3.08. The fourth-order valence-corrected chi connectivity index (χ4v) is 6.45. The van der Waals surface area contributed by atoms with Crippen LogP contribution < -0.4 is 10.1 Å². The van der Waals surface area contributed by atoms with Crippen LogP contribution in [0.4, 0.5) is 0 Å². The van der Waals surface area contributed by atoms with E-state index in [1.165, 1.54) is 47.5 Å². The van der Waals surface area contributed by atoms with Gasteiger partial charge in [-0.15, -0.1) is 0 Å². The van der Waals surface area contributed by atoms with Crippen molar-refractivity contribution in [1.82, 2.24) is 9.62 Å². The van der Waals surface area contributed by atoms with Gasteiger partial charge in [-0.2, -0.15) is 4.31 Å². The van der Waals surface area contributed by atoms with Crippen molar-refractivity contribution in [2.24, 2.45) is 0 Å². The highest BCUT2D eigenvalue weighted by Crippen LogP contribution is 2.29. The van der Waals surface area contributed by atoms with Crippen LogP contribution in [0, 0.1) is 0 Å². The minimum absolute atomic E-state index is 0.136. The number of fused-ring (bicyclic) bond motifs is 1. The van der Waals surface area contributed by atoms with Gasteiger partial charge >= 0.3 is 0 Å². The summed E-state index contributed by atoms with van der Waals surface area (Å²) in [5.74, 6) is 0.0394. The van der Waals surface area contributed by atoms with E-state index >= 15 is 0 Å². The molecule has 0 saturated carbocycles. The summed E-state index contributed by atoms with van der Waals surface area (Å²) < 4.78 is 33.2. The molecule has 1 amide bonds. The SMILES string of the molecule is CCC(NC(=O)c1cc(S(=O)(=O)N2CCCCC2)ccc1OC)c1ccc2c(c1)CCCC2. The summed E-state index contributed by atoms with van der Waals surface area (Å²) in [5.41, 5.74) is 4.11. The summed E-state index contributed by atoms with van der Waals surface area (Å²) in [4.78, 5) is 13.4. The quantitative estimate of drug-likeness (QED) is 0.640. The molecule has 7 heteroatoms. The topological polar surface area (TPSA) is 75.7 Å². The van der Waals surface area contributed by atoms with Gasteiger partial charge in [0.25, 0.3) is 5.91 Å². The van der Waals surface area contributed by atoms with Crippen molar-refractivity contribution in [3.05, 3.63) is 58.7 Å². The number of aryl methyl sites for hydroxylation is 2. The third kappa shape index (κ3) is 5.09. The zero-order valence-corrected chi connectivity index (χ0v) is 20.4. The van der Waals surface area contributed by atoms with Crippen molar-refractivity contribution in [3.8, 4) is 5.75 Å². The van der Waals surface area contributed by atoms with Crippen molar-refractivity contribution >= 4 is 15.9 Å². The average molecular weight is 471 g/mol. The Morgan fingerprint density at radius 3 is 2.42 bits per heavy atom. The number of ether oxygens (including phenoxy) is 1. The van der Waals surface area contributed by atoms with Crippen LogP contribution in [0.1, 0.15) is 78.5 Å². The van der Waals surface area contributed by atoms with Gasteiger partial charge in [-0.1, -0.05) is 31.5 Å². The number of nitrogens with zero attached hydrogens (tertiary/aromatic N) is 1. The van der Waals surface area contributed by atoms with Crippen LogP contribution in [0.5, 0.6) is 5.75 Å². The minimum atomic E-state index is -3.64. The van der Waals surface area contributed by atoms with Crippen LogP contribution in [-0.4, -0.2) is 38.8 Å². The smallest absolute Gasteiger partial charge is 0.255 e. The maximum atomic E-state index is 13.3. The van der Waals surface area contributed by atoms with Gasteiger partial charge in [0, 0.05) is 13.1 Å². The molecule has 0 bridgehead atoms. The number of rotatable bonds is 7. The van der Waals surface area contributed by atoms with Gasteiger partial charge in [0.2, 0.25) is 10.0 Å². The molecule has 33 heavy (non-hydrogen) atoms. The van der Waals surface area contributed by atoms with Crippen LogP contribution in [0.3, 0.4) is 0 Å². The van der Waals surface area contributed by atoms with Crippen LogP contribution in [-0.2, 0) is 22.9 Å². The molecule has 0 spiro atoms. The standard InChI is InChI=1S/C26H34N2O4S/c1-3-24(21-12-11-19-9-5-6-10-20(19)17-21)27-26(29)23-18-22(13-14-25(23)32-2)33(30,31)28-15-7-4-8-16-28/h11-14,17-18,24H,3-10,15-16H2,1-2H3,(H,27,29). The summed E-state index contributed by atoms with van der Waals surface area (Å²) in [6.07, 6.45) is 8.14. The number of amides is 1. The molecule has 0 aromatic heterocycles. The maximum Gasteiger partial charge on any atom is 0.255 e. The second kappa shape index (κ2) is 10.3. The Morgan fingerprint density at radius 2 is 1.73 bits per heavy atom. The fraction of sp³-hybridized carbons (Fsp3) is 0.500. The highest BCUT2D eigenvalue weighted by Gasteiger charge is 2.28. The monoisotopic (exact) mass is 470 g/mol. The fourth-order valence-electron chi connectivity index (χ4n) is 4.91. The number of hydrogen-bond donors (Lipinski definition) is 1. The lowest BCUT2D eigenvalue weighted by Gasteiger charge is -2.26. The number of piperidine rings is 1. The number of benzene rings is 2. The van der Waals surface area contributed by atoms with E-state index in [4.69, 9.17) is 4.74 Å². The largest absolute Gasteiger partial charge is 0.496 e. The molecule has 1 aliphatic carbocycles. The van der Waals surface area contributed by atoms with E-state index in [-0.39, 0.29) is 22.4 Å². The van der Waals surface area contributed by atoms with Crippen molar-refractivity contribution < 1.29 is 17.9 Å². The molecule has 1 unspecified atom stereocenters. The molecule has 1 heterocycles. The molecule has 6 nitrogen and oxygen atoms in total. The van der Waals surface area contributed by atoms with Gasteiger partial charge in [-0.25, -0.2) is 8.42 Å². The van der Waals surface area contributed by atoms with E-state index in [1.54, 1.807) is 6.07 Å². The first kappa shape index (κ1) is 23.8. The first-order chi connectivity index (χ1) is 15.9. The van der Waals surface area contributed by atoms with Gasteiger partial charge in [-0.3, -0.25) is 4.79 Å². The Balaban J connectivity index is 1.59. The summed E-state index contributed by atoms with van der Waals surface area (Å²) >= 11 is 0. The van der Waals surface area contributed by atoms with Gasteiger partial charge < -0.3 is 10.1 Å². The van der Waals surface area contributed by atoms with Crippen molar-refractivity contribution in [3.63, 3.8) is 0 Å². The molecule has 178 valence electrons. The molecule has 0 radical (unpaired) electrons. The second-order valence-corrected chi connectivity index (χ2v) is 10.9. The van der Waals surface area contributed by atoms with Gasteiger partial charge in [0.1, 0.15) is 5.75 Å². The first-order valence-electron chi connectivity index (χ1n) is 12.0. The molecule has 1 aliphatic heterocycles. The first-order valence-corrected chi connectivity index (χ1v) is 13.5. The number of hydrogen-bond acceptors (Lipinski definition) is 4. The van der Waals surface area contributed by atoms with E-state index < -0.39 is 10.0 Å². The molecule has 2 aromatic rings. The lowest BCUT2D eigenvalue weighted by Crippen LogP contribution is -2.36.